The van der Waals surface area contributed by atoms with Gasteiger partial charge in [0.1, 0.15) is 5.69 Å². The zero-order valence-corrected chi connectivity index (χ0v) is 13.9. The Bertz CT molecular complexity index is 698. The molecule has 1 atom stereocenters. The molecule has 0 aliphatic rings. The largest absolute Gasteiger partial charge is 0.350 e. The smallest absolute Gasteiger partial charge is 0.294 e. The van der Waals surface area contributed by atoms with Gasteiger partial charge in [0, 0.05) is 30.1 Å². The second-order valence-corrected chi connectivity index (χ2v) is 5.80. The van der Waals surface area contributed by atoms with E-state index in [2.05, 4.69) is 17.2 Å². The number of rotatable bonds is 8. The maximum Gasteiger partial charge on any atom is 0.294 e. The predicted octanol–water partition coefficient (Wildman–Crippen LogP) is 3.48. The Morgan fingerprint density at radius 2 is 2.21 bits per heavy atom. The molecule has 2 rings (SSSR count). The normalized spacial score (nSPS) is 11.9. The van der Waals surface area contributed by atoms with Gasteiger partial charge in [0.15, 0.2) is 0 Å². The molecular formula is C17H22N4O3. The Morgan fingerprint density at radius 1 is 1.42 bits per heavy atom. The quantitative estimate of drug-likeness (QED) is 0.456. The number of imidazole rings is 1. The molecule has 0 aliphatic heterocycles. The van der Waals surface area contributed by atoms with Crippen LogP contribution in [0.4, 0.5) is 5.69 Å². The average Bonchev–Trinajstić information content (AvgIpc) is 3.08. The second kappa shape index (κ2) is 8.24. The molecule has 0 spiro atoms. The summed E-state index contributed by atoms with van der Waals surface area (Å²) in [6, 6.07) is 4.51. The van der Waals surface area contributed by atoms with E-state index in [9.17, 15) is 14.9 Å². The van der Waals surface area contributed by atoms with Gasteiger partial charge in [0.2, 0.25) is 0 Å². The summed E-state index contributed by atoms with van der Waals surface area (Å²) >= 11 is 0. The van der Waals surface area contributed by atoms with Gasteiger partial charge < -0.3 is 9.88 Å². The van der Waals surface area contributed by atoms with Gasteiger partial charge in [-0.3, -0.25) is 14.9 Å². The van der Waals surface area contributed by atoms with Gasteiger partial charge >= 0.3 is 0 Å². The van der Waals surface area contributed by atoms with Crippen molar-refractivity contribution in [2.75, 3.05) is 0 Å². The Hall–Kier alpha value is -2.70. The topological polar surface area (TPSA) is 90.1 Å². The fourth-order valence-corrected chi connectivity index (χ4v) is 2.51. The number of hydrogen-bond donors (Lipinski definition) is 1. The molecule has 0 saturated heterocycles. The number of nitrogens with one attached hydrogen (secondary N) is 1. The van der Waals surface area contributed by atoms with Crippen molar-refractivity contribution in [2.45, 2.75) is 45.6 Å². The number of benzene rings is 1. The first-order valence-electron chi connectivity index (χ1n) is 8.10. The summed E-state index contributed by atoms with van der Waals surface area (Å²) in [7, 11) is 0. The van der Waals surface area contributed by atoms with Crippen molar-refractivity contribution < 1.29 is 9.72 Å². The summed E-state index contributed by atoms with van der Waals surface area (Å²) in [5.41, 5.74) is 0.539. The van der Waals surface area contributed by atoms with Gasteiger partial charge in [-0.05, 0) is 25.5 Å². The van der Waals surface area contributed by atoms with E-state index in [1.165, 1.54) is 12.4 Å². The molecule has 1 unspecified atom stereocenters. The molecule has 128 valence electrons. The van der Waals surface area contributed by atoms with Crippen LogP contribution in [0, 0.1) is 10.1 Å². The number of nitrogens with zero attached hydrogens (tertiary/aromatic N) is 3. The number of hydrogen-bond acceptors (Lipinski definition) is 4. The van der Waals surface area contributed by atoms with Crippen LogP contribution in [0.2, 0.25) is 0 Å². The molecule has 0 bridgehead atoms. The molecule has 2 aromatic rings. The molecule has 0 aliphatic carbocycles. The third kappa shape index (κ3) is 4.41. The standard InChI is InChI=1S/C17H22N4O3/c1-3-4-5-6-13(2)19-17(22)14-7-8-15(16(11-14)21(23)24)20-10-9-18-12-20/h7-13H,3-6H2,1-2H3,(H,19,22). The van der Waals surface area contributed by atoms with Gasteiger partial charge in [0.05, 0.1) is 11.3 Å². The summed E-state index contributed by atoms with van der Waals surface area (Å²) in [4.78, 5) is 27.0. The summed E-state index contributed by atoms with van der Waals surface area (Å²) in [6.45, 7) is 4.08. The van der Waals surface area contributed by atoms with Crippen molar-refractivity contribution in [3.05, 3.63) is 52.6 Å². The van der Waals surface area contributed by atoms with E-state index in [1.807, 2.05) is 6.92 Å². The number of unbranched alkanes of at least 4 members (excludes halogenated alkanes) is 2. The molecule has 0 saturated carbocycles. The van der Waals surface area contributed by atoms with E-state index >= 15 is 0 Å². The van der Waals surface area contributed by atoms with E-state index < -0.39 is 4.92 Å². The Balaban J connectivity index is 2.15. The van der Waals surface area contributed by atoms with Crippen LogP contribution in [0.5, 0.6) is 0 Å². The highest BCUT2D eigenvalue weighted by Crippen LogP contribution is 2.24. The number of nitro groups is 1. The number of aromatic nitrogens is 2. The maximum absolute atomic E-state index is 12.3. The third-order valence-electron chi connectivity index (χ3n) is 3.84. The van der Waals surface area contributed by atoms with Crippen LogP contribution in [0.25, 0.3) is 5.69 Å². The molecule has 7 heteroatoms. The van der Waals surface area contributed by atoms with Crippen molar-refractivity contribution in [2.24, 2.45) is 0 Å². The molecule has 0 radical (unpaired) electrons. The lowest BCUT2D eigenvalue weighted by molar-refractivity contribution is -0.384. The molecule has 0 fully saturated rings. The highest BCUT2D eigenvalue weighted by Gasteiger charge is 2.19. The summed E-state index contributed by atoms with van der Waals surface area (Å²) < 4.78 is 1.55. The molecular weight excluding hydrogens is 308 g/mol. The molecule has 1 aromatic heterocycles. The third-order valence-corrected chi connectivity index (χ3v) is 3.84. The highest BCUT2D eigenvalue weighted by atomic mass is 16.6. The summed E-state index contributed by atoms with van der Waals surface area (Å²) in [6.07, 6.45) is 8.86. The van der Waals surface area contributed by atoms with Crippen LogP contribution < -0.4 is 5.32 Å². The van der Waals surface area contributed by atoms with Crippen LogP contribution >= 0.6 is 0 Å². The van der Waals surface area contributed by atoms with E-state index in [-0.39, 0.29) is 23.2 Å². The van der Waals surface area contributed by atoms with Crippen molar-refractivity contribution in [3.63, 3.8) is 0 Å². The van der Waals surface area contributed by atoms with Crippen LogP contribution in [0.1, 0.15) is 49.9 Å². The minimum Gasteiger partial charge on any atom is -0.350 e. The van der Waals surface area contributed by atoms with E-state index in [0.29, 0.717) is 5.69 Å². The lowest BCUT2D eigenvalue weighted by Gasteiger charge is -2.14. The lowest BCUT2D eigenvalue weighted by Crippen LogP contribution is -2.32. The lowest BCUT2D eigenvalue weighted by atomic mass is 10.1. The first-order valence-corrected chi connectivity index (χ1v) is 8.10. The monoisotopic (exact) mass is 330 g/mol. The maximum atomic E-state index is 12.3. The van der Waals surface area contributed by atoms with E-state index in [1.54, 1.807) is 29.1 Å². The number of carbonyl (C=O) groups excluding carboxylic acids is 1. The van der Waals surface area contributed by atoms with Crippen LogP contribution in [-0.2, 0) is 0 Å². The van der Waals surface area contributed by atoms with Crippen molar-refractivity contribution in [3.8, 4) is 5.69 Å². The predicted molar refractivity (Wildman–Crippen MR) is 91.3 cm³/mol. The molecule has 1 heterocycles. The van der Waals surface area contributed by atoms with Crippen molar-refractivity contribution in [1.29, 1.82) is 0 Å². The van der Waals surface area contributed by atoms with Gasteiger partial charge in [-0.15, -0.1) is 0 Å². The first-order chi connectivity index (χ1) is 11.5. The van der Waals surface area contributed by atoms with Crippen LogP contribution in [-0.4, -0.2) is 26.4 Å². The fraction of sp³-hybridized carbons (Fsp3) is 0.412. The van der Waals surface area contributed by atoms with Gasteiger partial charge in [-0.25, -0.2) is 4.98 Å². The van der Waals surface area contributed by atoms with Gasteiger partial charge in [-0.1, -0.05) is 26.2 Å². The first kappa shape index (κ1) is 17.7. The number of amides is 1. The van der Waals surface area contributed by atoms with Crippen LogP contribution in [0.15, 0.2) is 36.9 Å². The number of carbonyl (C=O) groups is 1. The Morgan fingerprint density at radius 3 is 2.83 bits per heavy atom. The second-order valence-electron chi connectivity index (χ2n) is 5.80. The van der Waals surface area contributed by atoms with Gasteiger partial charge in [0.25, 0.3) is 11.6 Å². The van der Waals surface area contributed by atoms with E-state index in [0.717, 1.165) is 25.7 Å². The number of nitro benzene ring substituents is 1. The van der Waals surface area contributed by atoms with E-state index in [4.69, 9.17) is 0 Å². The van der Waals surface area contributed by atoms with Crippen LogP contribution in [0.3, 0.4) is 0 Å². The Labute approximate surface area is 140 Å². The van der Waals surface area contributed by atoms with Crippen molar-refractivity contribution in [1.82, 2.24) is 14.9 Å². The minimum atomic E-state index is -0.489. The molecule has 7 nitrogen and oxygen atoms in total. The zero-order valence-electron chi connectivity index (χ0n) is 13.9. The van der Waals surface area contributed by atoms with Gasteiger partial charge in [-0.2, -0.15) is 0 Å². The van der Waals surface area contributed by atoms with Crippen molar-refractivity contribution >= 4 is 11.6 Å². The summed E-state index contributed by atoms with van der Waals surface area (Å²) in [5.74, 6) is -0.292. The molecule has 1 amide bonds. The molecule has 24 heavy (non-hydrogen) atoms. The SMILES string of the molecule is CCCCCC(C)NC(=O)c1ccc(-n2ccnc2)c([N+](=O)[O-])c1. The zero-order chi connectivity index (χ0) is 17.5. The molecule has 1 N–H and O–H groups in total. The Kier molecular flexibility index (Phi) is 6.06. The fourth-order valence-electron chi connectivity index (χ4n) is 2.51. The highest BCUT2D eigenvalue weighted by molar-refractivity contribution is 5.95. The minimum absolute atomic E-state index is 0.0384. The molecule has 1 aromatic carbocycles. The summed E-state index contributed by atoms with van der Waals surface area (Å²) in [5, 5.41) is 14.2. The average molecular weight is 330 g/mol.